The number of carbonyl (C=O) groups is 7. The number of fused-ring (bicyclic) bond motifs is 2. The lowest BCUT2D eigenvalue weighted by atomic mass is 9.84. The molecule has 16 heteroatoms. The minimum Gasteiger partial charge on any atom is -0.480 e. The first kappa shape index (κ1) is 51.8. The fourth-order valence-corrected chi connectivity index (χ4v) is 8.54. The van der Waals surface area contributed by atoms with Crippen LogP contribution in [0.15, 0.2) is 30.3 Å². The minimum atomic E-state index is -1.27. The minimum absolute atomic E-state index is 0.0578. The molecule has 0 saturated carbocycles. The van der Waals surface area contributed by atoms with Gasteiger partial charge in [-0.2, -0.15) is 0 Å². The van der Waals surface area contributed by atoms with Crippen molar-refractivity contribution in [2.75, 3.05) is 39.8 Å². The van der Waals surface area contributed by atoms with E-state index >= 15 is 0 Å². The van der Waals surface area contributed by atoms with Crippen molar-refractivity contribution < 1.29 is 43.4 Å². The van der Waals surface area contributed by atoms with Gasteiger partial charge in [0, 0.05) is 26.2 Å². The number of carboxylic acids is 1. The molecule has 2 aliphatic rings. The van der Waals surface area contributed by atoms with Gasteiger partial charge < -0.3 is 36.0 Å². The predicted molar refractivity (Wildman–Crippen MR) is 236 cm³/mol. The summed E-state index contributed by atoms with van der Waals surface area (Å²) in [4.78, 5) is 97.3. The van der Waals surface area contributed by atoms with Crippen LogP contribution in [0, 0.1) is 35.5 Å². The van der Waals surface area contributed by atoms with Gasteiger partial charge in [0.1, 0.15) is 29.7 Å². The van der Waals surface area contributed by atoms with Crippen molar-refractivity contribution in [1.82, 2.24) is 36.4 Å². The van der Waals surface area contributed by atoms with Crippen LogP contribution in [-0.4, -0.2) is 132 Å². The fourth-order valence-electron chi connectivity index (χ4n) is 8.54. The number of ether oxygens (including phenoxy) is 1. The summed E-state index contributed by atoms with van der Waals surface area (Å²) in [6, 6.07) is 4.69. The number of esters is 1. The van der Waals surface area contributed by atoms with Crippen LogP contribution in [0.5, 0.6) is 0 Å². The lowest BCUT2D eigenvalue weighted by Crippen LogP contribution is -2.61. The summed E-state index contributed by atoms with van der Waals surface area (Å²) < 4.78 is 4.82. The normalized spacial score (nSPS) is 19.3. The summed E-state index contributed by atoms with van der Waals surface area (Å²) in [5.74, 6) is -3.57. The van der Waals surface area contributed by atoms with Gasteiger partial charge in [-0.05, 0) is 87.0 Å². The first-order valence-corrected chi connectivity index (χ1v) is 22.3. The molecular weight excluding hydrogens is 795 g/mol. The van der Waals surface area contributed by atoms with Crippen molar-refractivity contribution in [3.63, 3.8) is 0 Å². The molecule has 2 saturated heterocycles. The highest BCUT2D eigenvalue weighted by atomic mass is 16.5. The maximum atomic E-state index is 14.3. The van der Waals surface area contributed by atoms with E-state index in [0.29, 0.717) is 45.4 Å². The maximum Gasteiger partial charge on any atom is 0.330 e. The second-order valence-corrected chi connectivity index (χ2v) is 19.6. The monoisotopic (exact) mass is 870 g/mol. The summed E-state index contributed by atoms with van der Waals surface area (Å²) in [5.41, 5.74) is -0.439. The molecule has 1 aromatic rings. The zero-order valence-corrected chi connectivity index (χ0v) is 38.9. The highest BCUT2D eigenvalue weighted by molar-refractivity contribution is 5.94. The molecule has 2 bridgehead atoms. The second kappa shape index (κ2) is 23.8. The van der Waals surface area contributed by atoms with Gasteiger partial charge in [-0.25, -0.2) is 4.79 Å². The summed E-state index contributed by atoms with van der Waals surface area (Å²) in [7, 11) is 1.25. The molecule has 2 aliphatic heterocycles. The van der Waals surface area contributed by atoms with Crippen LogP contribution < -0.4 is 26.6 Å². The number of piperidine rings is 2. The summed E-state index contributed by atoms with van der Waals surface area (Å²) >= 11 is 0. The number of aliphatic carboxylic acids is 1. The Hall–Kier alpha value is -4.57. The molecule has 3 rings (SSSR count). The molecule has 5 amide bonds. The number of nitrogens with one attached hydrogen (secondary N) is 5. The first-order valence-electron chi connectivity index (χ1n) is 22.3. The van der Waals surface area contributed by atoms with Crippen LogP contribution in [0.4, 0.5) is 0 Å². The Bertz CT molecular complexity index is 1670. The maximum absolute atomic E-state index is 14.3. The van der Waals surface area contributed by atoms with E-state index in [0.717, 1.165) is 12.0 Å². The van der Waals surface area contributed by atoms with Crippen LogP contribution in [0.2, 0.25) is 0 Å². The third-order valence-electron chi connectivity index (χ3n) is 11.4. The molecule has 0 aliphatic carbocycles. The van der Waals surface area contributed by atoms with Gasteiger partial charge >= 0.3 is 11.9 Å². The van der Waals surface area contributed by atoms with Crippen LogP contribution >= 0.6 is 0 Å². The Morgan fingerprint density at radius 3 is 1.77 bits per heavy atom. The van der Waals surface area contributed by atoms with Crippen LogP contribution in [0.25, 0.3) is 0 Å². The number of nitrogens with zero attached hydrogens (tertiary/aromatic N) is 2. The highest BCUT2D eigenvalue weighted by Crippen LogP contribution is 2.29. The molecule has 2 unspecified atom stereocenters. The van der Waals surface area contributed by atoms with Crippen molar-refractivity contribution in [2.45, 2.75) is 137 Å². The summed E-state index contributed by atoms with van der Waals surface area (Å²) in [6.07, 6.45) is 2.18. The number of methoxy groups -OCH3 is 1. The molecule has 62 heavy (non-hydrogen) atoms. The van der Waals surface area contributed by atoms with Gasteiger partial charge in [-0.1, -0.05) is 85.7 Å². The Labute approximate surface area is 368 Å². The van der Waals surface area contributed by atoms with Gasteiger partial charge in [0.05, 0.1) is 19.7 Å². The zero-order chi connectivity index (χ0) is 46.5. The van der Waals surface area contributed by atoms with Gasteiger partial charge in [0.15, 0.2) is 0 Å². The third kappa shape index (κ3) is 16.3. The summed E-state index contributed by atoms with van der Waals surface area (Å²) in [6.45, 7) is 20.5. The van der Waals surface area contributed by atoms with Crippen molar-refractivity contribution >= 4 is 41.5 Å². The molecular formula is C46H75N7O9. The molecule has 0 radical (unpaired) electrons. The predicted octanol–water partition coefficient (Wildman–Crippen LogP) is 2.74. The smallest absolute Gasteiger partial charge is 0.330 e. The number of hydrogen-bond acceptors (Lipinski definition) is 10. The first-order chi connectivity index (χ1) is 29.0. The van der Waals surface area contributed by atoms with Crippen molar-refractivity contribution in [3.8, 4) is 0 Å². The van der Waals surface area contributed by atoms with Crippen LogP contribution in [0.3, 0.4) is 0 Å². The van der Waals surface area contributed by atoms with E-state index < -0.39 is 65.4 Å². The van der Waals surface area contributed by atoms with Crippen molar-refractivity contribution in [1.29, 1.82) is 0 Å². The fraction of sp³-hybridized carbons (Fsp3) is 0.717. The molecule has 2 fully saturated rings. The number of hydrogen-bond donors (Lipinski definition) is 6. The number of rotatable bonds is 23. The number of amides is 5. The molecule has 6 N–H and O–H groups in total. The lowest BCUT2D eigenvalue weighted by Gasteiger charge is -2.46. The average Bonchev–Trinajstić information content (AvgIpc) is 3.17. The van der Waals surface area contributed by atoms with E-state index in [1.165, 1.54) is 7.11 Å². The molecule has 16 nitrogen and oxygen atoms in total. The standard InChI is InChI=1S/C46H75N7O9/c1-27(2)17-34(41(56)51-46(9,10)45(61)62-11)48-38(54)26-52-22-32-20-33(23-52)25-53(24-32)43(58)36(18-28(3)4)49-42(57)39(30(7)8)50-40(55)35(21-31-15-13-12-14-16-31)47-37(44(59)60)19-29(5)6/h12-16,27-30,32-37,39,47H,17-26H2,1-11H3,(H,48,54)(H,49,57)(H,50,55)(H,51,56)(H,59,60)/t32?,33?,34-,35-,36-,37+,39-/m0/s1. The molecule has 0 spiro atoms. The molecule has 2 heterocycles. The number of carboxylic acid groups (broad SMARTS) is 1. The van der Waals surface area contributed by atoms with E-state index in [2.05, 4.69) is 31.5 Å². The summed E-state index contributed by atoms with van der Waals surface area (Å²) in [5, 5.41) is 24.5. The van der Waals surface area contributed by atoms with Crippen LogP contribution in [-0.2, 0) is 44.7 Å². The lowest BCUT2D eigenvalue weighted by molar-refractivity contribution is -0.149. The van der Waals surface area contributed by atoms with Gasteiger partial charge in [0.2, 0.25) is 29.5 Å². The quantitative estimate of drug-likeness (QED) is 0.0880. The third-order valence-corrected chi connectivity index (χ3v) is 11.4. The second-order valence-electron chi connectivity index (χ2n) is 19.6. The topological polar surface area (TPSA) is 216 Å². The Morgan fingerprint density at radius 1 is 0.710 bits per heavy atom. The van der Waals surface area contributed by atoms with E-state index in [-0.39, 0.29) is 60.3 Å². The van der Waals surface area contributed by atoms with E-state index in [4.69, 9.17) is 4.74 Å². The Kier molecular flexibility index (Phi) is 19.8. The average molecular weight is 870 g/mol. The Balaban J connectivity index is 1.69. The van der Waals surface area contributed by atoms with Gasteiger partial charge in [-0.3, -0.25) is 39.0 Å². The molecule has 0 aromatic heterocycles. The number of carbonyl (C=O) groups excluding carboxylic acids is 6. The SMILES string of the molecule is COC(=O)C(C)(C)NC(=O)[C@H](CC(C)C)NC(=O)CN1CC2CC(C1)CN(C(=O)[C@H](CC(C)C)NC(=O)[C@@H](NC(=O)[C@H](Cc1ccccc1)N[C@H](CC(C)C)C(=O)O)C(C)C)C2. The van der Waals surface area contributed by atoms with E-state index in [1.54, 1.807) is 13.8 Å². The van der Waals surface area contributed by atoms with Crippen molar-refractivity contribution in [2.24, 2.45) is 35.5 Å². The van der Waals surface area contributed by atoms with Crippen molar-refractivity contribution in [3.05, 3.63) is 35.9 Å². The van der Waals surface area contributed by atoms with Gasteiger partial charge in [0.25, 0.3) is 0 Å². The highest BCUT2D eigenvalue weighted by Gasteiger charge is 2.40. The largest absolute Gasteiger partial charge is 0.480 e. The van der Waals surface area contributed by atoms with Crippen LogP contribution in [0.1, 0.15) is 100 Å². The number of likely N-dealkylation sites (tertiary alicyclic amines) is 2. The van der Waals surface area contributed by atoms with E-state index in [9.17, 15) is 38.7 Å². The number of benzene rings is 1. The molecule has 1 aromatic carbocycles. The van der Waals surface area contributed by atoms with Gasteiger partial charge in [-0.15, -0.1) is 0 Å². The molecule has 7 atom stereocenters. The molecule has 348 valence electrons. The zero-order valence-electron chi connectivity index (χ0n) is 38.9. The Morgan fingerprint density at radius 2 is 1.26 bits per heavy atom. The van der Waals surface area contributed by atoms with E-state index in [1.807, 2.05) is 90.6 Å².